The van der Waals surface area contributed by atoms with E-state index in [0.717, 1.165) is 24.1 Å². The molecule has 1 fully saturated rings. The van der Waals surface area contributed by atoms with Gasteiger partial charge in [-0.1, -0.05) is 0 Å². The van der Waals surface area contributed by atoms with Gasteiger partial charge in [-0.05, 0) is 38.7 Å². The molecule has 110 valence electrons. The lowest BCUT2D eigenvalue weighted by molar-refractivity contribution is -0.129. The van der Waals surface area contributed by atoms with E-state index in [9.17, 15) is 14.7 Å². The van der Waals surface area contributed by atoms with Crippen molar-refractivity contribution in [2.45, 2.75) is 45.1 Å². The molecule has 1 heterocycles. The number of anilines is 1. The smallest absolute Gasteiger partial charge is 0.338 e. The van der Waals surface area contributed by atoms with E-state index in [4.69, 9.17) is 4.74 Å². The lowest BCUT2D eigenvalue weighted by Gasteiger charge is -2.39. The Labute approximate surface area is 121 Å². The van der Waals surface area contributed by atoms with Gasteiger partial charge in [-0.2, -0.15) is 0 Å². The zero-order valence-corrected chi connectivity index (χ0v) is 12.7. The standard InChI is InChI=1S/C14H19NO4S/c1-8-9(2)20-12(11(8)13(17)18)15-10(16)7-14(19-3)5-4-6-14/h4-7H2,1-3H3,(H,15,16)(H,17,18). The van der Waals surface area contributed by atoms with Gasteiger partial charge in [0.2, 0.25) is 5.91 Å². The molecule has 1 aliphatic carbocycles. The van der Waals surface area contributed by atoms with Gasteiger partial charge in [-0.15, -0.1) is 11.3 Å². The fraction of sp³-hybridized carbons (Fsp3) is 0.571. The van der Waals surface area contributed by atoms with Crippen molar-refractivity contribution in [3.05, 3.63) is 16.0 Å². The third kappa shape index (κ3) is 2.71. The quantitative estimate of drug-likeness (QED) is 0.876. The van der Waals surface area contributed by atoms with E-state index in [2.05, 4.69) is 5.32 Å². The van der Waals surface area contributed by atoms with Crippen molar-refractivity contribution in [2.75, 3.05) is 12.4 Å². The zero-order chi connectivity index (χ0) is 14.9. The largest absolute Gasteiger partial charge is 0.478 e. The molecular formula is C14H19NO4S. The second kappa shape index (κ2) is 5.54. The lowest BCUT2D eigenvalue weighted by Crippen LogP contribution is -2.42. The normalized spacial score (nSPS) is 16.6. The van der Waals surface area contributed by atoms with Crippen molar-refractivity contribution in [1.29, 1.82) is 0 Å². The summed E-state index contributed by atoms with van der Waals surface area (Å²) in [7, 11) is 1.62. The van der Waals surface area contributed by atoms with Gasteiger partial charge < -0.3 is 15.2 Å². The average Bonchev–Trinajstić information content (AvgIpc) is 2.59. The van der Waals surface area contributed by atoms with Gasteiger partial charge in [0.25, 0.3) is 0 Å². The van der Waals surface area contributed by atoms with Crippen LogP contribution in [0.1, 0.15) is 46.5 Å². The van der Waals surface area contributed by atoms with Crippen LogP contribution < -0.4 is 5.32 Å². The first-order valence-corrected chi connectivity index (χ1v) is 7.38. The zero-order valence-electron chi connectivity index (χ0n) is 11.9. The summed E-state index contributed by atoms with van der Waals surface area (Å²) >= 11 is 1.30. The maximum atomic E-state index is 12.1. The summed E-state index contributed by atoms with van der Waals surface area (Å²) in [6, 6.07) is 0. The predicted molar refractivity (Wildman–Crippen MR) is 77.6 cm³/mol. The van der Waals surface area contributed by atoms with Crippen LogP contribution in [0, 0.1) is 13.8 Å². The molecule has 5 nitrogen and oxygen atoms in total. The predicted octanol–water partition coefficient (Wildman–Crippen LogP) is 2.96. The number of hydrogen-bond donors (Lipinski definition) is 2. The number of hydrogen-bond acceptors (Lipinski definition) is 4. The highest BCUT2D eigenvalue weighted by Crippen LogP contribution is 2.39. The van der Waals surface area contributed by atoms with Gasteiger partial charge in [0, 0.05) is 12.0 Å². The molecule has 1 aromatic rings. The van der Waals surface area contributed by atoms with Crippen molar-refractivity contribution in [2.24, 2.45) is 0 Å². The maximum Gasteiger partial charge on any atom is 0.338 e. The van der Waals surface area contributed by atoms with Gasteiger partial charge in [-0.3, -0.25) is 4.79 Å². The van der Waals surface area contributed by atoms with Crippen LogP contribution >= 0.6 is 11.3 Å². The number of carboxylic acid groups (broad SMARTS) is 1. The number of carbonyl (C=O) groups excluding carboxylic acids is 1. The summed E-state index contributed by atoms with van der Waals surface area (Å²) in [5, 5.41) is 12.4. The molecular weight excluding hydrogens is 278 g/mol. The van der Waals surface area contributed by atoms with E-state index in [1.54, 1.807) is 14.0 Å². The summed E-state index contributed by atoms with van der Waals surface area (Å²) in [6.07, 6.45) is 3.10. The third-order valence-corrected chi connectivity index (χ3v) is 5.16. The summed E-state index contributed by atoms with van der Waals surface area (Å²) in [6.45, 7) is 3.61. The number of aryl methyl sites for hydroxylation is 1. The van der Waals surface area contributed by atoms with Crippen LogP contribution in [-0.4, -0.2) is 29.7 Å². The molecule has 1 saturated carbocycles. The number of aromatic carboxylic acids is 1. The molecule has 0 unspecified atom stereocenters. The summed E-state index contributed by atoms with van der Waals surface area (Å²) in [5.74, 6) is -1.19. The van der Waals surface area contributed by atoms with E-state index in [0.29, 0.717) is 10.6 Å². The summed E-state index contributed by atoms with van der Waals surface area (Å²) in [4.78, 5) is 24.3. The summed E-state index contributed by atoms with van der Waals surface area (Å²) in [5.41, 5.74) is 0.554. The minimum absolute atomic E-state index is 0.185. The number of ether oxygens (including phenoxy) is 1. The molecule has 0 radical (unpaired) electrons. The number of thiophene rings is 1. The molecule has 1 aliphatic rings. The molecule has 0 aliphatic heterocycles. The van der Waals surface area contributed by atoms with Crippen molar-refractivity contribution in [3.8, 4) is 0 Å². The molecule has 2 rings (SSSR count). The summed E-state index contributed by atoms with van der Waals surface area (Å²) < 4.78 is 5.42. The molecule has 0 saturated heterocycles. The molecule has 0 spiro atoms. The number of amides is 1. The Kier molecular flexibility index (Phi) is 4.15. The van der Waals surface area contributed by atoms with E-state index in [1.807, 2.05) is 6.92 Å². The van der Waals surface area contributed by atoms with Gasteiger partial charge >= 0.3 is 5.97 Å². The van der Waals surface area contributed by atoms with Gasteiger partial charge in [0.1, 0.15) is 5.00 Å². The molecule has 20 heavy (non-hydrogen) atoms. The third-order valence-electron chi connectivity index (χ3n) is 4.03. The van der Waals surface area contributed by atoms with Crippen molar-refractivity contribution in [3.63, 3.8) is 0 Å². The van der Waals surface area contributed by atoms with Gasteiger partial charge in [0.05, 0.1) is 17.6 Å². The lowest BCUT2D eigenvalue weighted by atomic mass is 9.77. The fourth-order valence-electron chi connectivity index (χ4n) is 2.46. The van der Waals surface area contributed by atoms with Crippen LogP contribution in [0.3, 0.4) is 0 Å². The fourth-order valence-corrected chi connectivity index (χ4v) is 3.53. The van der Waals surface area contributed by atoms with Gasteiger partial charge in [0.15, 0.2) is 0 Å². The molecule has 1 amide bonds. The SMILES string of the molecule is COC1(CC(=O)Nc2sc(C)c(C)c2C(=O)O)CCC1. The molecule has 0 aromatic carbocycles. The van der Waals surface area contributed by atoms with Crippen LogP contribution in [0.25, 0.3) is 0 Å². The second-order valence-corrected chi connectivity index (χ2v) is 6.48. The maximum absolute atomic E-state index is 12.1. The highest BCUT2D eigenvalue weighted by molar-refractivity contribution is 7.16. The Bertz CT molecular complexity index is 540. The minimum Gasteiger partial charge on any atom is -0.478 e. The van der Waals surface area contributed by atoms with Crippen LogP contribution in [0.4, 0.5) is 5.00 Å². The molecule has 6 heteroatoms. The number of carbonyl (C=O) groups is 2. The Balaban J connectivity index is 2.12. The van der Waals surface area contributed by atoms with Crippen molar-refractivity contribution < 1.29 is 19.4 Å². The Morgan fingerprint density at radius 3 is 2.50 bits per heavy atom. The Morgan fingerprint density at radius 2 is 2.05 bits per heavy atom. The number of rotatable bonds is 5. The molecule has 2 N–H and O–H groups in total. The first-order valence-electron chi connectivity index (χ1n) is 6.57. The molecule has 0 atom stereocenters. The van der Waals surface area contributed by atoms with E-state index < -0.39 is 5.97 Å². The molecule has 0 bridgehead atoms. The first-order chi connectivity index (χ1) is 9.38. The van der Waals surface area contributed by atoms with Crippen LogP contribution in [0.2, 0.25) is 0 Å². The van der Waals surface area contributed by atoms with E-state index in [-0.39, 0.29) is 23.5 Å². The topological polar surface area (TPSA) is 75.6 Å². The second-order valence-electron chi connectivity index (χ2n) is 5.26. The van der Waals surface area contributed by atoms with E-state index in [1.165, 1.54) is 11.3 Å². The van der Waals surface area contributed by atoms with E-state index >= 15 is 0 Å². The molecule has 1 aromatic heterocycles. The van der Waals surface area contributed by atoms with Crippen molar-refractivity contribution >= 4 is 28.2 Å². The van der Waals surface area contributed by atoms with Crippen LogP contribution in [0.15, 0.2) is 0 Å². The minimum atomic E-state index is -1.01. The highest BCUT2D eigenvalue weighted by atomic mass is 32.1. The van der Waals surface area contributed by atoms with Crippen LogP contribution in [-0.2, 0) is 9.53 Å². The highest BCUT2D eigenvalue weighted by Gasteiger charge is 2.39. The van der Waals surface area contributed by atoms with Gasteiger partial charge in [-0.25, -0.2) is 4.79 Å². The average molecular weight is 297 g/mol. The Morgan fingerprint density at radius 1 is 1.40 bits per heavy atom. The van der Waals surface area contributed by atoms with Crippen LogP contribution in [0.5, 0.6) is 0 Å². The Hall–Kier alpha value is -1.40. The number of carboxylic acids is 1. The van der Waals surface area contributed by atoms with Crippen molar-refractivity contribution in [1.82, 2.24) is 0 Å². The number of methoxy groups -OCH3 is 1. The number of nitrogens with one attached hydrogen (secondary N) is 1. The monoisotopic (exact) mass is 297 g/mol. The first kappa shape index (κ1) is 15.0.